The van der Waals surface area contributed by atoms with Crippen LogP contribution in [0.2, 0.25) is 0 Å². The summed E-state index contributed by atoms with van der Waals surface area (Å²) in [4.78, 5) is 0. The van der Waals surface area contributed by atoms with Crippen molar-refractivity contribution in [2.45, 2.75) is 58.1 Å². The highest BCUT2D eigenvalue weighted by Gasteiger charge is 2.92. The molecule has 2 saturated carbocycles. The lowest BCUT2D eigenvalue weighted by Gasteiger charge is -2.51. The quantitative estimate of drug-likeness (QED) is 0.646. The summed E-state index contributed by atoms with van der Waals surface area (Å²) in [5.41, 5.74) is -5.65. The highest BCUT2D eigenvalue weighted by atomic mass is 32.2. The Kier molecular flexibility index (Phi) is 2.24. The van der Waals surface area contributed by atoms with Crippen molar-refractivity contribution in [2.24, 2.45) is 22.2 Å². The van der Waals surface area contributed by atoms with E-state index in [0.717, 1.165) is 0 Å². The number of alkyl halides is 3. The third-order valence-corrected chi connectivity index (χ3v) is 9.21. The SMILES string of the molecule is CC1C2(C)C3CC1(C(F)(F)F)C(C)(C)C2(C)OS3(=O)=O. The first-order chi connectivity index (χ1) is 8.70. The van der Waals surface area contributed by atoms with Gasteiger partial charge in [0.05, 0.1) is 16.3 Å². The van der Waals surface area contributed by atoms with E-state index in [1.165, 1.54) is 27.7 Å². The van der Waals surface area contributed by atoms with E-state index in [4.69, 9.17) is 4.18 Å². The lowest BCUT2D eigenvalue weighted by atomic mass is 9.56. The van der Waals surface area contributed by atoms with Crippen molar-refractivity contribution >= 4 is 10.1 Å². The molecular weight excluding hydrogens is 293 g/mol. The Labute approximate surface area is 117 Å². The van der Waals surface area contributed by atoms with Gasteiger partial charge in [0.1, 0.15) is 0 Å². The summed E-state index contributed by atoms with van der Waals surface area (Å²) < 4.78 is 71.4. The maximum Gasteiger partial charge on any atom is 0.395 e. The maximum absolute atomic E-state index is 13.9. The van der Waals surface area contributed by atoms with Crippen LogP contribution in [0.1, 0.15) is 41.0 Å². The van der Waals surface area contributed by atoms with Gasteiger partial charge in [-0.3, -0.25) is 4.18 Å². The summed E-state index contributed by atoms with van der Waals surface area (Å²) in [7, 11) is -3.95. The first-order valence-corrected chi connectivity index (χ1v) is 8.18. The predicted molar refractivity (Wildman–Crippen MR) is 66.4 cm³/mol. The molecule has 5 atom stereocenters. The van der Waals surface area contributed by atoms with Crippen molar-refractivity contribution in [1.29, 1.82) is 0 Å². The second kappa shape index (κ2) is 3.07. The molecule has 0 N–H and O–H groups in total. The van der Waals surface area contributed by atoms with Gasteiger partial charge in [-0.05, 0) is 19.3 Å². The van der Waals surface area contributed by atoms with Gasteiger partial charge in [0.2, 0.25) is 0 Å². The molecule has 1 heterocycles. The van der Waals surface area contributed by atoms with Gasteiger partial charge in [-0.1, -0.05) is 27.7 Å². The first-order valence-electron chi connectivity index (χ1n) is 6.71. The van der Waals surface area contributed by atoms with E-state index in [1.54, 1.807) is 6.92 Å². The molecule has 2 bridgehead atoms. The predicted octanol–water partition coefficient (Wildman–Crippen LogP) is 3.11. The van der Waals surface area contributed by atoms with Gasteiger partial charge in [-0.25, -0.2) is 0 Å². The molecule has 7 heteroatoms. The van der Waals surface area contributed by atoms with Crippen LogP contribution in [0, 0.1) is 22.2 Å². The molecule has 3 fully saturated rings. The number of hydrogen-bond donors (Lipinski definition) is 0. The molecule has 1 saturated heterocycles. The summed E-state index contributed by atoms with van der Waals surface area (Å²) in [6.45, 7) is 7.71. The zero-order chi connectivity index (χ0) is 15.6. The van der Waals surface area contributed by atoms with Crippen LogP contribution in [0.4, 0.5) is 13.2 Å². The van der Waals surface area contributed by atoms with Gasteiger partial charge in [-0.2, -0.15) is 21.6 Å². The van der Waals surface area contributed by atoms with E-state index in [9.17, 15) is 21.6 Å². The normalized spacial score (nSPS) is 55.4. The van der Waals surface area contributed by atoms with Gasteiger partial charge in [0, 0.05) is 10.8 Å². The standard InChI is InChI=1S/C13H19F3O3S/c1-7-10(4)8-6-12(7,13(14,15)16)9(2,3)11(10,5)19-20(8,17)18/h7-8H,6H2,1-5H3. The minimum Gasteiger partial charge on any atom is -0.262 e. The monoisotopic (exact) mass is 312 g/mol. The highest BCUT2D eigenvalue weighted by Crippen LogP contribution is 2.84. The van der Waals surface area contributed by atoms with Crippen LogP contribution in [0.5, 0.6) is 0 Å². The Bertz CT molecular complexity index is 594. The Balaban J connectivity index is 2.40. The van der Waals surface area contributed by atoms with Crippen LogP contribution in [0.25, 0.3) is 0 Å². The summed E-state index contributed by atoms with van der Waals surface area (Å²) in [6.07, 6.45) is -4.84. The first kappa shape index (κ1) is 14.6. The van der Waals surface area contributed by atoms with Gasteiger partial charge in [0.25, 0.3) is 10.1 Å². The minimum absolute atomic E-state index is 0.390. The third kappa shape index (κ3) is 0.988. The molecule has 3 rings (SSSR count). The molecular formula is C13H19F3O3S. The molecule has 5 unspecified atom stereocenters. The number of halogens is 3. The van der Waals surface area contributed by atoms with E-state index >= 15 is 0 Å². The Morgan fingerprint density at radius 2 is 1.65 bits per heavy atom. The van der Waals surface area contributed by atoms with Crippen LogP contribution in [0.15, 0.2) is 0 Å². The van der Waals surface area contributed by atoms with Crippen molar-refractivity contribution < 1.29 is 25.8 Å². The second-order valence-electron chi connectivity index (χ2n) is 7.40. The fourth-order valence-corrected chi connectivity index (χ4v) is 8.15. The van der Waals surface area contributed by atoms with E-state index < -0.39 is 49.3 Å². The molecule has 0 amide bonds. The Morgan fingerprint density at radius 3 is 2.00 bits per heavy atom. The van der Waals surface area contributed by atoms with Crippen LogP contribution >= 0.6 is 0 Å². The van der Waals surface area contributed by atoms with Crippen LogP contribution in [0.3, 0.4) is 0 Å². The molecule has 0 aromatic carbocycles. The van der Waals surface area contributed by atoms with Crippen LogP contribution < -0.4 is 0 Å². The molecule has 0 radical (unpaired) electrons. The van der Waals surface area contributed by atoms with Crippen molar-refractivity contribution in [3.05, 3.63) is 0 Å². The van der Waals surface area contributed by atoms with E-state index in [1.807, 2.05) is 0 Å². The molecule has 0 aromatic heterocycles. The number of rotatable bonds is 0. The van der Waals surface area contributed by atoms with Crippen molar-refractivity contribution in [1.82, 2.24) is 0 Å². The molecule has 3 aliphatic rings. The third-order valence-electron chi connectivity index (χ3n) is 7.29. The lowest BCUT2D eigenvalue weighted by molar-refractivity contribution is -0.276. The number of hydrogen-bond acceptors (Lipinski definition) is 3. The lowest BCUT2D eigenvalue weighted by Crippen LogP contribution is -2.58. The zero-order valence-corrected chi connectivity index (χ0v) is 12.9. The average molecular weight is 312 g/mol. The van der Waals surface area contributed by atoms with Crippen molar-refractivity contribution in [3.8, 4) is 0 Å². The molecule has 3 nitrogen and oxygen atoms in total. The van der Waals surface area contributed by atoms with Gasteiger partial charge in [-0.15, -0.1) is 0 Å². The molecule has 20 heavy (non-hydrogen) atoms. The zero-order valence-electron chi connectivity index (χ0n) is 12.1. The van der Waals surface area contributed by atoms with E-state index in [2.05, 4.69) is 0 Å². The van der Waals surface area contributed by atoms with Crippen LogP contribution in [-0.4, -0.2) is 25.4 Å². The largest absolute Gasteiger partial charge is 0.395 e. The second-order valence-corrected chi connectivity index (χ2v) is 9.12. The van der Waals surface area contributed by atoms with Gasteiger partial charge >= 0.3 is 6.18 Å². The Hall–Kier alpha value is -0.300. The number of fused-ring (bicyclic) bond motifs is 1. The minimum atomic E-state index is -4.45. The van der Waals surface area contributed by atoms with E-state index in [-0.39, 0.29) is 6.42 Å². The van der Waals surface area contributed by atoms with Crippen molar-refractivity contribution in [2.75, 3.05) is 0 Å². The summed E-state index contributed by atoms with van der Waals surface area (Å²) in [5.74, 6) is -0.794. The smallest absolute Gasteiger partial charge is 0.262 e. The fourth-order valence-electron chi connectivity index (χ4n) is 5.69. The maximum atomic E-state index is 13.9. The Morgan fingerprint density at radius 1 is 1.15 bits per heavy atom. The summed E-state index contributed by atoms with van der Waals surface area (Å²) in [6, 6.07) is 0. The molecule has 1 aliphatic heterocycles. The topological polar surface area (TPSA) is 43.4 Å². The highest BCUT2D eigenvalue weighted by molar-refractivity contribution is 7.87. The molecule has 116 valence electrons. The van der Waals surface area contributed by atoms with Gasteiger partial charge < -0.3 is 0 Å². The molecule has 0 spiro atoms. The summed E-state index contributed by atoms with van der Waals surface area (Å²) in [5, 5.41) is -1.07. The van der Waals surface area contributed by atoms with Crippen LogP contribution in [-0.2, 0) is 14.3 Å². The van der Waals surface area contributed by atoms with Crippen molar-refractivity contribution in [3.63, 3.8) is 0 Å². The van der Waals surface area contributed by atoms with E-state index in [0.29, 0.717) is 0 Å². The fraction of sp³-hybridized carbons (Fsp3) is 1.00. The molecule has 0 aromatic rings. The molecule has 2 aliphatic carbocycles. The van der Waals surface area contributed by atoms with Gasteiger partial charge in [0.15, 0.2) is 0 Å². The average Bonchev–Trinajstić information content (AvgIpc) is 2.58. The summed E-state index contributed by atoms with van der Waals surface area (Å²) >= 11 is 0.